The molecule has 192 valence electrons. The number of aromatic nitrogens is 6. The van der Waals surface area contributed by atoms with Crippen molar-refractivity contribution in [2.45, 2.75) is 45.3 Å². The maximum absolute atomic E-state index is 14.9. The highest BCUT2D eigenvalue weighted by atomic mass is 19.1. The molecule has 1 saturated heterocycles. The number of aryl methyl sites for hydroxylation is 2. The summed E-state index contributed by atoms with van der Waals surface area (Å²) in [5.74, 6) is -0.838. The van der Waals surface area contributed by atoms with E-state index in [4.69, 9.17) is 14.7 Å². The van der Waals surface area contributed by atoms with Crippen LogP contribution in [0.15, 0.2) is 60.9 Å². The van der Waals surface area contributed by atoms with Crippen molar-refractivity contribution in [3.63, 3.8) is 0 Å². The van der Waals surface area contributed by atoms with Crippen molar-refractivity contribution in [2.75, 3.05) is 6.61 Å². The van der Waals surface area contributed by atoms with Crippen molar-refractivity contribution in [2.24, 2.45) is 0 Å². The molecule has 2 aromatic carbocycles. The number of nitrogens with zero attached hydrogens (tertiary/aromatic N) is 6. The van der Waals surface area contributed by atoms with Gasteiger partial charge in [-0.1, -0.05) is 30.3 Å². The first-order valence-corrected chi connectivity index (χ1v) is 12.6. The average Bonchev–Trinajstić information content (AvgIpc) is 3.38. The van der Waals surface area contributed by atoms with E-state index in [-0.39, 0.29) is 17.6 Å². The number of rotatable bonds is 5. The van der Waals surface area contributed by atoms with E-state index >= 15 is 0 Å². The second kappa shape index (κ2) is 9.98. The number of fused-ring (bicyclic) bond motifs is 1. The fourth-order valence-corrected chi connectivity index (χ4v) is 4.85. The van der Waals surface area contributed by atoms with Crippen LogP contribution in [0.25, 0.3) is 22.4 Å². The van der Waals surface area contributed by atoms with Crippen LogP contribution in [-0.2, 0) is 11.3 Å². The lowest BCUT2D eigenvalue weighted by molar-refractivity contribution is 0.00397. The SMILES string of the molecule is Cc1nc2nc([C@@H]3CCO[C@@H](c4cnn(Cc5ccccc5)c4)C3)nc(-c3ccc(F)cc3F)c2nc1C. The minimum Gasteiger partial charge on any atom is -0.373 e. The molecule has 9 heteroatoms. The molecule has 1 aliphatic rings. The van der Waals surface area contributed by atoms with Crippen LogP contribution in [0.1, 0.15) is 53.2 Å². The predicted octanol–water partition coefficient (Wildman–Crippen LogP) is 5.86. The summed E-state index contributed by atoms with van der Waals surface area (Å²) in [6.45, 7) is 4.90. The first-order chi connectivity index (χ1) is 18.4. The lowest BCUT2D eigenvalue weighted by Gasteiger charge is -2.28. The van der Waals surface area contributed by atoms with Gasteiger partial charge in [-0.25, -0.2) is 28.7 Å². The topological polar surface area (TPSA) is 78.6 Å². The van der Waals surface area contributed by atoms with Crippen LogP contribution in [-0.4, -0.2) is 36.3 Å². The molecule has 7 nitrogen and oxygen atoms in total. The molecule has 1 aliphatic heterocycles. The molecule has 0 amide bonds. The maximum Gasteiger partial charge on any atom is 0.182 e. The van der Waals surface area contributed by atoms with E-state index in [1.165, 1.54) is 17.7 Å². The quantitative estimate of drug-likeness (QED) is 0.293. The van der Waals surface area contributed by atoms with E-state index in [9.17, 15) is 8.78 Å². The lowest BCUT2D eigenvalue weighted by Crippen LogP contribution is -2.20. The minimum absolute atomic E-state index is 0.0405. The van der Waals surface area contributed by atoms with E-state index in [0.29, 0.717) is 54.4 Å². The number of ether oxygens (including phenoxy) is 1. The Hall–Kier alpha value is -4.11. The zero-order valence-electron chi connectivity index (χ0n) is 21.1. The fraction of sp³-hybridized carbons (Fsp3) is 0.276. The smallest absolute Gasteiger partial charge is 0.182 e. The predicted molar refractivity (Wildman–Crippen MR) is 138 cm³/mol. The number of hydrogen-bond donors (Lipinski definition) is 0. The van der Waals surface area contributed by atoms with Gasteiger partial charge in [-0.05, 0) is 44.4 Å². The van der Waals surface area contributed by atoms with Gasteiger partial charge in [-0.3, -0.25) is 4.68 Å². The monoisotopic (exact) mass is 512 g/mol. The molecular formula is C29H26F2N6O. The Kier molecular flexibility index (Phi) is 6.37. The summed E-state index contributed by atoms with van der Waals surface area (Å²) < 4.78 is 36.6. The van der Waals surface area contributed by atoms with Gasteiger partial charge in [0.2, 0.25) is 0 Å². The highest BCUT2D eigenvalue weighted by Gasteiger charge is 2.29. The third kappa shape index (κ3) is 4.77. The van der Waals surface area contributed by atoms with Gasteiger partial charge in [0.05, 0.1) is 30.2 Å². The highest BCUT2D eigenvalue weighted by Crippen LogP contribution is 2.38. The van der Waals surface area contributed by atoms with Gasteiger partial charge < -0.3 is 4.74 Å². The van der Waals surface area contributed by atoms with Gasteiger partial charge >= 0.3 is 0 Å². The molecule has 2 atom stereocenters. The largest absolute Gasteiger partial charge is 0.373 e. The van der Waals surface area contributed by atoms with Crippen molar-refractivity contribution in [1.82, 2.24) is 29.7 Å². The van der Waals surface area contributed by atoms with Gasteiger partial charge in [-0.15, -0.1) is 0 Å². The first kappa shape index (κ1) is 24.2. The summed E-state index contributed by atoms with van der Waals surface area (Å²) >= 11 is 0. The van der Waals surface area contributed by atoms with Gasteiger partial charge in [0.15, 0.2) is 5.65 Å². The van der Waals surface area contributed by atoms with Crippen molar-refractivity contribution in [3.8, 4) is 11.3 Å². The average molecular weight is 513 g/mol. The molecule has 6 rings (SSSR count). The summed E-state index contributed by atoms with van der Waals surface area (Å²) in [6.07, 6.45) is 5.04. The van der Waals surface area contributed by atoms with Gasteiger partial charge in [-0.2, -0.15) is 5.10 Å². The van der Waals surface area contributed by atoms with E-state index in [0.717, 1.165) is 17.3 Å². The summed E-state index contributed by atoms with van der Waals surface area (Å²) in [5, 5.41) is 4.53. The Morgan fingerprint density at radius 3 is 2.61 bits per heavy atom. The molecule has 4 heterocycles. The molecule has 0 bridgehead atoms. The molecule has 3 aromatic heterocycles. The Morgan fingerprint density at radius 1 is 0.974 bits per heavy atom. The summed E-state index contributed by atoms with van der Waals surface area (Å²) in [4.78, 5) is 18.8. The third-order valence-corrected chi connectivity index (χ3v) is 7.01. The standard InChI is InChI=1S/C29H26F2N6O/c1-17-18(2)34-29-27(33-17)26(23-9-8-22(30)13-24(23)31)35-28(36-29)20-10-11-38-25(12-20)21-14-32-37(16-21)15-19-6-4-3-5-7-19/h3-9,13-14,16,20,25H,10-12,15H2,1-2H3/t20-,25-/m1/s1. The van der Waals surface area contributed by atoms with Gasteiger partial charge in [0.1, 0.15) is 28.7 Å². The minimum atomic E-state index is -0.702. The van der Waals surface area contributed by atoms with Crippen molar-refractivity contribution in [1.29, 1.82) is 0 Å². The zero-order chi connectivity index (χ0) is 26.2. The molecule has 0 spiro atoms. The van der Waals surface area contributed by atoms with Crippen LogP contribution in [0.4, 0.5) is 8.78 Å². The zero-order valence-corrected chi connectivity index (χ0v) is 21.1. The summed E-state index contributed by atoms with van der Waals surface area (Å²) in [6, 6.07) is 13.6. The Morgan fingerprint density at radius 2 is 1.79 bits per heavy atom. The molecule has 1 fully saturated rings. The third-order valence-electron chi connectivity index (χ3n) is 7.01. The van der Waals surface area contributed by atoms with Crippen LogP contribution in [0, 0.1) is 25.5 Å². The molecule has 0 aliphatic carbocycles. The van der Waals surface area contributed by atoms with E-state index < -0.39 is 11.6 Å². The van der Waals surface area contributed by atoms with Crippen molar-refractivity contribution in [3.05, 3.63) is 101 Å². The fourth-order valence-electron chi connectivity index (χ4n) is 4.85. The van der Waals surface area contributed by atoms with Gasteiger partial charge in [0, 0.05) is 35.9 Å². The van der Waals surface area contributed by atoms with Gasteiger partial charge in [0.25, 0.3) is 0 Å². The van der Waals surface area contributed by atoms with Crippen LogP contribution >= 0.6 is 0 Å². The summed E-state index contributed by atoms with van der Waals surface area (Å²) in [7, 11) is 0. The number of benzene rings is 2. The molecule has 0 saturated carbocycles. The Balaban J connectivity index is 1.34. The van der Waals surface area contributed by atoms with Crippen molar-refractivity contribution >= 4 is 11.2 Å². The van der Waals surface area contributed by atoms with E-state index in [2.05, 4.69) is 27.2 Å². The maximum atomic E-state index is 14.9. The Labute approximate surface area is 218 Å². The second-order valence-corrected chi connectivity index (χ2v) is 9.66. The second-order valence-electron chi connectivity index (χ2n) is 9.66. The van der Waals surface area contributed by atoms with Crippen LogP contribution in [0.2, 0.25) is 0 Å². The van der Waals surface area contributed by atoms with Crippen molar-refractivity contribution < 1.29 is 13.5 Å². The van der Waals surface area contributed by atoms with Crippen LogP contribution < -0.4 is 0 Å². The molecule has 5 aromatic rings. The number of halogens is 2. The first-order valence-electron chi connectivity index (χ1n) is 12.6. The molecular weight excluding hydrogens is 486 g/mol. The van der Waals surface area contributed by atoms with E-state index in [1.807, 2.05) is 49.1 Å². The van der Waals surface area contributed by atoms with Crippen LogP contribution in [0.5, 0.6) is 0 Å². The van der Waals surface area contributed by atoms with E-state index in [1.54, 1.807) is 0 Å². The summed E-state index contributed by atoms with van der Waals surface area (Å²) in [5.41, 5.74) is 4.88. The molecule has 0 unspecified atom stereocenters. The molecule has 0 radical (unpaired) electrons. The highest BCUT2D eigenvalue weighted by molar-refractivity contribution is 5.87. The van der Waals surface area contributed by atoms with Crippen LogP contribution in [0.3, 0.4) is 0 Å². The Bertz CT molecular complexity index is 1620. The molecule has 38 heavy (non-hydrogen) atoms. The molecule has 0 N–H and O–H groups in total. The lowest BCUT2D eigenvalue weighted by atomic mass is 9.92. The normalized spacial score (nSPS) is 17.7. The number of hydrogen-bond acceptors (Lipinski definition) is 6.